The van der Waals surface area contributed by atoms with Crippen LogP contribution in [0.3, 0.4) is 0 Å². The van der Waals surface area contributed by atoms with Crippen molar-refractivity contribution in [3.05, 3.63) is 29.3 Å². The van der Waals surface area contributed by atoms with Gasteiger partial charge in [0.15, 0.2) is 0 Å². The minimum atomic E-state index is -0.819. The van der Waals surface area contributed by atoms with E-state index in [2.05, 4.69) is 0 Å². The van der Waals surface area contributed by atoms with Crippen molar-refractivity contribution < 1.29 is 14.5 Å². The Morgan fingerprint density at radius 1 is 1.58 bits per heavy atom. The molecule has 1 aliphatic heterocycles. The molecule has 0 aliphatic carbocycles. The van der Waals surface area contributed by atoms with Crippen LogP contribution in [0.15, 0.2) is 18.2 Å². The van der Waals surface area contributed by atoms with Crippen LogP contribution in [0, 0.1) is 0 Å². The highest BCUT2D eigenvalue weighted by Crippen LogP contribution is 2.10. The maximum atomic E-state index is 10.4. The normalized spacial score (nSPS) is 14.6. The van der Waals surface area contributed by atoms with E-state index in [0.717, 1.165) is 17.3 Å². The van der Waals surface area contributed by atoms with Gasteiger partial charge in [-0.1, -0.05) is 12.1 Å². The van der Waals surface area contributed by atoms with Crippen LogP contribution in [-0.2, 0) is 11.3 Å². The predicted molar refractivity (Wildman–Crippen MR) is 44.2 cm³/mol. The van der Waals surface area contributed by atoms with Gasteiger partial charge in [-0.05, 0) is 17.1 Å². The van der Waals surface area contributed by atoms with Gasteiger partial charge in [0.1, 0.15) is 6.29 Å². The molecule has 0 amide bonds. The van der Waals surface area contributed by atoms with Crippen LogP contribution in [-0.4, -0.2) is 18.4 Å². The van der Waals surface area contributed by atoms with Crippen LogP contribution in [0.4, 0.5) is 0 Å². The van der Waals surface area contributed by atoms with Gasteiger partial charge in [-0.3, -0.25) is 4.79 Å². The maximum absolute atomic E-state index is 10.4. The summed E-state index contributed by atoms with van der Waals surface area (Å²) in [5.74, 6) is 0. The Balaban J connectivity index is 2.48. The lowest BCUT2D eigenvalue weighted by Crippen LogP contribution is -2.27. The van der Waals surface area contributed by atoms with Crippen LogP contribution < -0.4 is 5.46 Å². The number of hydrogen-bond donors (Lipinski definition) is 1. The Morgan fingerprint density at radius 3 is 3.17 bits per heavy atom. The second-order valence-corrected chi connectivity index (χ2v) is 2.74. The second kappa shape index (κ2) is 2.73. The molecule has 0 saturated carbocycles. The van der Waals surface area contributed by atoms with Gasteiger partial charge >= 0.3 is 7.12 Å². The molecule has 4 heteroatoms. The number of carbonyl (C=O) groups excluding carboxylic acids is 1. The molecule has 1 aromatic carbocycles. The van der Waals surface area contributed by atoms with Gasteiger partial charge in [-0.25, -0.2) is 0 Å². The van der Waals surface area contributed by atoms with E-state index in [9.17, 15) is 9.82 Å². The number of carbonyl (C=O) groups is 1. The van der Waals surface area contributed by atoms with Gasteiger partial charge in [0.2, 0.25) is 0 Å². The van der Waals surface area contributed by atoms with E-state index in [1.165, 1.54) is 0 Å². The first-order valence-electron chi connectivity index (χ1n) is 3.69. The molecule has 0 radical (unpaired) electrons. The molecule has 1 aromatic rings. The van der Waals surface area contributed by atoms with Gasteiger partial charge < -0.3 is 9.68 Å². The summed E-state index contributed by atoms with van der Waals surface area (Å²) in [6.07, 6.45) is 0.783. The van der Waals surface area contributed by atoms with Gasteiger partial charge in [-0.15, -0.1) is 0 Å². The van der Waals surface area contributed by atoms with Gasteiger partial charge in [0, 0.05) is 5.56 Å². The molecule has 1 heterocycles. The summed E-state index contributed by atoms with van der Waals surface area (Å²) >= 11 is 0. The van der Waals surface area contributed by atoms with Crippen molar-refractivity contribution in [2.75, 3.05) is 0 Å². The third-order valence-corrected chi connectivity index (χ3v) is 1.97. The van der Waals surface area contributed by atoms with E-state index < -0.39 is 7.12 Å². The fourth-order valence-electron chi connectivity index (χ4n) is 1.32. The highest BCUT2D eigenvalue weighted by atomic mass is 16.5. The SMILES string of the molecule is O=Cc1ccc2c(c1)COB2O. The summed E-state index contributed by atoms with van der Waals surface area (Å²) in [4.78, 5) is 10.4. The summed E-state index contributed by atoms with van der Waals surface area (Å²) in [6, 6.07) is 5.12. The molecule has 0 aromatic heterocycles. The molecule has 1 N–H and O–H groups in total. The maximum Gasteiger partial charge on any atom is 0.491 e. The van der Waals surface area contributed by atoms with Crippen molar-refractivity contribution in [1.29, 1.82) is 0 Å². The molecule has 0 fully saturated rings. The topological polar surface area (TPSA) is 46.5 Å². The van der Waals surface area contributed by atoms with Crippen LogP contribution in [0.1, 0.15) is 15.9 Å². The van der Waals surface area contributed by atoms with Crippen LogP contribution in [0.25, 0.3) is 0 Å². The molecule has 0 atom stereocenters. The lowest BCUT2D eigenvalue weighted by atomic mass is 9.79. The molecule has 12 heavy (non-hydrogen) atoms. The van der Waals surface area contributed by atoms with Gasteiger partial charge in [0.05, 0.1) is 6.61 Å². The third-order valence-electron chi connectivity index (χ3n) is 1.97. The summed E-state index contributed by atoms with van der Waals surface area (Å²) in [5, 5.41) is 9.23. The van der Waals surface area contributed by atoms with Crippen molar-refractivity contribution in [2.24, 2.45) is 0 Å². The Labute approximate surface area is 70.1 Å². The monoisotopic (exact) mass is 162 g/mol. The summed E-state index contributed by atoms with van der Waals surface area (Å²) < 4.78 is 4.96. The molecule has 2 rings (SSSR count). The van der Waals surface area contributed by atoms with E-state index in [0.29, 0.717) is 12.2 Å². The molecule has 0 saturated heterocycles. The van der Waals surface area contributed by atoms with Crippen LogP contribution >= 0.6 is 0 Å². The van der Waals surface area contributed by atoms with Crippen molar-refractivity contribution in [2.45, 2.75) is 6.61 Å². The molecular weight excluding hydrogens is 155 g/mol. The molecule has 1 aliphatic rings. The van der Waals surface area contributed by atoms with E-state index in [1.54, 1.807) is 18.2 Å². The summed E-state index contributed by atoms with van der Waals surface area (Å²) in [5.41, 5.74) is 2.28. The number of fused-ring (bicyclic) bond motifs is 1. The van der Waals surface area contributed by atoms with Crippen molar-refractivity contribution in [3.63, 3.8) is 0 Å². The van der Waals surface area contributed by atoms with E-state index in [-0.39, 0.29) is 0 Å². The molecule has 60 valence electrons. The fourth-order valence-corrected chi connectivity index (χ4v) is 1.32. The van der Waals surface area contributed by atoms with Crippen LogP contribution in [0.5, 0.6) is 0 Å². The second-order valence-electron chi connectivity index (χ2n) is 2.74. The lowest BCUT2D eigenvalue weighted by Gasteiger charge is -1.97. The Kier molecular flexibility index (Phi) is 1.71. The Bertz CT molecular complexity index is 324. The lowest BCUT2D eigenvalue weighted by molar-refractivity contribution is 0.112. The Hall–Kier alpha value is -1.13. The first-order chi connectivity index (χ1) is 5.81. The molecule has 0 bridgehead atoms. The molecule has 0 unspecified atom stereocenters. The minimum absolute atomic E-state index is 0.387. The van der Waals surface area contributed by atoms with Gasteiger partial charge in [-0.2, -0.15) is 0 Å². The fraction of sp³-hybridized carbons (Fsp3) is 0.125. The third kappa shape index (κ3) is 1.05. The molecule has 0 spiro atoms. The van der Waals surface area contributed by atoms with Crippen molar-refractivity contribution in [3.8, 4) is 0 Å². The predicted octanol–water partition coefficient (Wildman–Crippen LogP) is -0.283. The highest BCUT2D eigenvalue weighted by Gasteiger charge is 2.26. The zero-order valence-electron chi connectivity index (χ0n) is 6.36. The zero-order chi connectivity index (χ0) is 8.55. The summed E-state index contributed by atoms with van der Waals surface area (Å²) in [6.45, 7) is 0.387. The summed E-state index contributed by atoms with van der Waals surface area (Å²) in [7, 11) is -0.819. The largest absolute Gasteiger partial charge is 0.491 e. The number of benzene rings is 1. The van der Waals surface area contributed by atoms with Gasteiger partial charge in [0.25, 0.3) is 0 Å². The number of aldehydes is 1. The minimum Gasteiger partial charge on any atom is -0.423 e. The van der Waals surface area contributed by atoms with E-state index in [1.807, 2.05) is 0 Å². The van der Waals surface area contributed by atoms with Crippen molar-refractivity contribution >= 4 is 18.9 Å². The quantitative estimate of drug-likeness (QED) is 0.456. The standard InChI is InChI=1S/C8H7BO3/c10-4-6-1-2-8-7(3-6)5-12-9(8)11/h1-4,11H,5H2. The smallest absolute Gasteiger partial charge is 0.423 e. The number of hydrogen-bond acceptors (Lipinski definition) is 3. The van der Waals surface area contributed by atoms with Crippen molar-refractivity contribution in [1.82, 2.24) is 0 Å². The first kappa shape index (κ1) is 7.52. The zero-order valence-corrected chi connectivity index (χ0v) is 6.36. The number of rotatable bonds is 1. The first-order valence-corrected chi connectivity index (χ1v) is 3.69. The highest BCUT2D eigenvalue weighted by molar-refractivity contribution is 6.61. The molecular formula is C8H7BO3. The Morgan fingerprint density at radius 2 is 2.42 bits per heavy atom. The van der Waals surface area contributed by atoms with E-state index in [4.69, 9.17) is 4.65 Å². The average molecular weight is 162 g/mol. The van der Waals surface area contributed by atoms with Crippen LogP contribution in [0.2, 0.25) is 0 Å². The van der Waals surface area contributed by atoms with E-state index >= 15 is 0 Å². The average Bonchev–Trinajstić information content (AvgIpc) is 2.47. The molecule has 3 nitrogen and oxygen atoms in total.